The fourth-order valence-corrected chi connectivity index (χ4v) is 8.16. The average molecular weight is 635 g/mol. The molecule has 1 aromatic heterocycles. The van der Waals surface area contributed by atoms with Crippen molar-refractivity contribution in [3.63, 3.8) is 0 Å². The van der Waals surface area contributed by atoms with Gasteiger partial charge in [0.1, 0.15) is 6.07 Å². The predicted octanol–water partition coefficient (Wildman–Crippen LogP) is 10.9. The van der Waals surface area contributed by atoms with Crippen molar-refractivity contribution >= 4 is 11.8 Å². The maximum Gasteiger partial charge on any atom is 0.164 e. The largest absolute Gasteiger partial charge is 0.208 e. The molecule has 48 heavy (non-hydrogen) atoms. The summed E-state index contributed by atoms with van der Waals surface area (Å²) in [6, 6.07) is 52.1. The number of fused-ring (bicyclic) bond motifs is 2. The van der Waals surface area contributed by atoms with E-state index in [1.165, 1.54) is 10.5 Å². The molecule has 0 aliphatic carbocycles. The molecule has 0 N–H and O–H groups in total. The van der Waals surface area contributed by atoms with Crippen molar-refractivity contribution < 1.29 is 0 Å². The van der Waals surface area contributed by atoms with E-state index in [-0.39, 0.29) is 5.41 Å². The van der Waals surface area contributed by atoms with Crippen LogP contribution in [0.4, 0.5) is 0 Å². The molecule has 0 fully saturated rings. The van der Waals surface area contributed by atoms with Gasteiger partial charge in [0.25, 0.3) is 0 Å². The summed E-state index contributed by atoms with van der Waals surface area (Å²) < 4.78 is 0. The fourth-order valence-electron chi connectivity index (χ4n) is 6.75. The number of nitrogens with zero attached hydrogens (tertiary/aromatic N) is 4. The van der Waals surface area contributed by atoms with Crippen LogP contribution in [-0.2, 0) is 5.41 Å². The highest BCUT2D eigenvalue weighted by Gasteiger charge is 2.36. The molecule has 0 spiro atoms. The van der Waals surface area contributed by atoms with Gasteiger partial charge in [-0.1, -0.05) is 159 Å². The van der Waals surface area contributed by atoms with Crippen molar-refractivity contribution in [2.24, 2.45) is 0 Å². The van der Waals surface area contributed by atoms with Crippen molar-refractivity contribution in [1.29, 1.82) is 5.26 Å². The monoisotopic (exact) mass is 634 g/mol. The molecule has 7 aromatic rings. The lowest BCUT2D eigenvalue weighted by molar-refractivity contribution is 0.605. The lowest BCUT2D eigenvalue weighted by atomic mass is 9.74. The van der Waals surface area contributed by atoms with Crippen molar-refractivity contribution in [3.05, 3.63) is 162 Å². The third kappa shape index (κ3) is 5.08. The molecule has 2 heterocycles. The normalized spacial score (nSPS) is 12.9. The third-order valence-electron chi connectivity index (χ3n) is 9.06. The Labute approximate surface area is 284 Å². The second-order valence-electron chi connectivity index (χ2n) is 12.3. The summed E-state index contributed by atoms with van der Waals surface area (Å²) in [5.74, 6) is 1.82. The second kappa shape index (κ2) is 12.1. The highest BCUT2D eigenvalue weighted by Crippen LogP contribution is 2.52. The minimum Gasteiger partial charge on any atom is -0.208 e. The number of nitriles is 1. The van der Waals surface area contributed by atoms with Crippen molar-refractivity contribution in [2.45, 2.75) is 29.1 Å². The minimum absolute atomic E-state index is 0.336. The lowest BCUT2D eigenvalue weighted by Crippen LogP contribution is -2.25. The number of aromatic nitrogens is 3. The summed E-state index contributed by atoms with van der Waals surface area (Å²) in [5, 5.41) is 10.8. The Bertz CT molecular complexity index is 2300. The van der Waals surface area contributed by atoms with Gasteiger partial charge in [0.15, 0.2) is 17.5 Å². The molecule has 5 heteroatoms. The molecule has 1 aliphatic heterocycles. The molecule has 0 unspecified atom stereocenters. The van der Waals surface area contributed by atoms with Gasteiger partial charge in [0.2, 0.25) is 0 Å². The van der Waals surface area contributed by atoms with Gasteiger partial charge in [-0.05, 0) is 39.9 Å². The van der Waals surface area contributed by atoms with Gasteiger partial charge in [-0.3, -0.25) is 0 Å². The van der Waals surface area contributed by atoms with Crippen molar-refractivity contribution in [1.82, 2.24) is 15.0 Å². The van der Waals surface area contributed by atoms with Crippen LogP contribution >= 0.6 is 11.8 Å². The summed E-state index contributed by atoms with van der Waals surface area (Å²) >= 11 is 1.74. The lowest BCUT2D eigenvalue weighted by Gasteiger charge is -2.36. The first-order chi connectivity index (χ1) is 23.5. The van der Waals surface area contributed by atoms with E-state index in [1.807, 2.05) is 84.9 Å². The molecule has 0 saturated heterocycles. The number of benzene rings is 6. The van der Waals surface area contributed by atoms with E-state index in [4.69, 9.17) is 15.0 Å². The van der Waals surface area contributed by atoms with E-state index in [0.717, 1.165) is 49.4 Å². The molecule has 6 aromatic carbocycles. The standard InChI is InChI=1S/C43H30N4S/c1-43(2)36-23-13-14-24-37(36)48-38-26-25-33(35(27-44)39(38)43)31-20-10-9-19-30(31)32-21-11-12-22-34(32)42-46-40(28-15-5-3-6-16-28)45-41(47-42)29-17-7-4-8-18-29/h3-26H,1-2H3. The summed E-state index contributed by atoms with van der Waals surface area (Å²) in [6.45, 7) is 4.46. The van der Waals surface area contributed by atoms with Crippen LogP contribution < -0.4 is 0 Å². The first kappa shape index (κ1) is 29.6. The van der Waals surface area contributed by atoms with Crippen molar-refractivity contribution in [3.8, 4) is 62.5 Å². The highest BCUT2D eigenvalue weighted by molar-refractivity contribution is 7.99. The molecular weight excluding hydrogens is 605 g/mol. The average Bonchev–Trinajstić information content (AvgIpc) is 3.15. The van der Waals surface area contributed by atoms with E-state index in [2.05, 4.69) is 80.6 Å². The van der Waals surface area contributed by atoms with Gasteiger partial charge < -0.3 is 0 Å². The topological polar surface area (TPSA) is 62.5 Å². The van der Waals surface area contributed by atoms with Crippen LogP contribution in [0.25, 0.3) is 56.4 Å². The van der Waals surface area contributed by atoms with Crippen LogP contribution in [0.1, 0.15) is 30.5 Å². The molecule has 4 nitrogen and oxygen atoms in total. The zero-order chi connectivity index (χ0) is 32.7. The van der Waals surface area contributed by atoms with Gasteiger partial charge in [-0.25, -0.2) is 15.0 Å². The summed E-state index contributed by atoms with van der Waals surface area (Å²) in [4.78, 5) is 17.4. The number of rotatable bonds is 5. The molecule has 1 aliphatic rings. The second-order valence-corrected chi connectivity index (χ2v) is 13.4. The van der Waals surface area contributed by atoms with Crippen LogP contribution in [0.2, 0.25) is 0 Å². The Morgan fingerprint density at radius 1 is 0.479 bits per heavy atom. The molecule has 0 amide bonds. The Hall–Kier alpha value is -5.83. The molecule has 0 atom stereocenters. The summed E-state index contributed by atoms with van der Waals surface area (Å²) in [5.41, 5.74) is 9.33. The van der Waals surface area contributed by atoms with Gasteiger partial charge in [-0.15, -0.1) is 0 Å². The van der Waals surface area contributed by atoms with E-state index >= 15 is 0 Å². The molecule has 228 valence electrons. The Kier molecular flexibility index (Phi) is 7.44. The van der Waals surface area contributed by atoms with E-state index in [9.17, 15) is 5.26 Å². The summed E-state index contributed by atoms with van der Waals surface area (Å²) in [6.07, 6.45) is 0. The zero-order valence-electron chi connectivity index (χ0n) is 26.6. The first-order valence-corrected chi connectivity index (χ1v) is 16.8. The van der Waals surface area contributed by atoms with Crippen molar-refractivity contribution in [2.75, 3.05) is 0 Å². The molecule has 0 saturated carbocycles. The van der Waals surface area contributed by atoms with Gasteiger partial charge in [0.05, 0.1) is 5.56 Å². The van der Waals surface area contributed by atoms with Gasteiger partial charge in [0, 0.05) is 37.5 Å². The van der Waals surface area contributed by atoms with Crippen LogP contribution in [0.5, 0.6) is 0 Å². The highest BCUT2D eigenvalue weighted by atomic mass is 32.2. The minimum atomic E-state index is -0.336. The molecule has 0 bridgehead atoms. The van der Waals surface area contributed by atoms with E-state index < -0.39 is 0 Å². The molecule has 0 radical (unpaired) electrons. The van der Waals surface area contributed by atoms with Crippen LogP contribution in [0.3, 0.4) is 0 Å². The number of hydrogen-bond donors (Lipinski definition) is 0. The Morgan fingerprint density at radius 3 is 1.56 bits per heavy atom. The summed E-state index contributed by atoms with van der Waals surface area (Å²) in [7, 11) is 0. The maximum atomic E-state index is 10.8. The van der Waals surface area contributed by atoms with Crippen LogP contribution in [0, 0.1) is 11.3 Å². The zero-order valence-corrected chi connectivity index (χ0v) is 27.4. The molecular formula is C43H30N4S. The van der Waals surface area contributed by atoms with E-state index in [0.29, 0.717) is 23.0 Å². The van der Waals surface area contributed by atoms with E-state index in [1.54, 1.807) is 11.8 Å². The smallest absolute Gasteiger partial charge is 0.164 e. The van der Waals surface area contributed by atoms with Crippen LogP contribution in [-0.4, -0.2) is 15.0 Å². The van der Waals surface area contributed by atoms with Gasteiger partial charge >= 0.3 is 0 Å². The maximum absolute atomic E-state index is 10.8. The van der Waals surface area contributed by atoms with Gasteiger partial charge in [-0.2, -0.15) is 5.26 Å². The predicted molar refractivity (Wildman–Crippen MR) is 194 cm³/mol. The molecule has 8 rings (SSSR count). The SMILES string of the molecule is CC1(C)c2ccccc2Sc2ccc(-c3ccccc3-c3ccccc3-c3nc(-c4ccccc4)nc(-c4ccccc4)n3)c(C#N)c21. The fraction of sp³-hybridized carbons (Fsp3) is 0.0698. The van der Waals surface area contributed by atoms with Crippen LogP contribution in [0.15, 0.2) is 155 Å². The number of hydrogen-bond acceptors (Lipinski definition) is 5. The third-order valence-corrected chi connectivity index (χ3v) is 10.2. The Balaban J connectivity index is 1.32. The quantitative estimate of drug-likeness (QED) is 0.188. The first-order valence-electron chi connectivity index (χ1n) is 15.9. The Morgan fingerprint density at radius 2 is 0.958 bits per heavy atom.